The third kappa shape index (κ3) is 5.37. The molecular formula is C29H25N3O4. The van der Waals surface area contributed by atoms with E-state index < -0.39 is 22.5 Å². The van der Waals surface area contributed by atoms with Gasteiger partial charge in [-0.1, -0.05) is 97.1 Å². The summed E-state index contributed by atoms with van der Waals surface area (Å²) in [7, 11) is 0. The van der Waals surface area contributed by atoms with E-state index >= 15 is 0 Å². The summed E-state index contributed by atoms with van der Waals surface area (Å²) in [6, 6.07) is 31.3. The lowest BCUT2D eigenvalue weighted by molar-refractivity contribution is -0.385. The van der Waals surface area contributed by atoms with Gasteiger partial charge < -0.3 is 5.11 Å². The van der Waals surface area contributed by atoms with Crippen LogP contribution in [0.4, 0.5) is 5.69 Å². The zero-order valence-corrected chi connectivity index (χ0v) is 19.4. The quantitative estimate of drug-likeness (QED) is 0.179. The fourth-order valence-corrected chi connectivity index (χ4v) is 4.23. The molecule has 36 heavy (non-hydrogen) atoms. The molecule has 1 aromatic heterocycles. The van der Waals surface area contributed by atoms with Crippen molar-refractivity contribution in [3.05, 3.63) is 148 Å². The largest absolute Gasteiger partial charge is 0.480 e. The van der Waals surface area contributed by atoms with Crippen LogP contribution in [-0.4, -0.2) is 27.0 Å². The van der Waals surface area contributed by atoms with Crippen LogP contribution in [0, 0.1) is 10.1 Å². The molecule has 7 nitrogen and oxygen atoms in total. The van der Waals surface area contributed by atoms with E-state index in [0.29, 0.717) is 5.69 Å². The van der Waals surface area contributed by atoms with Crippen LogP contribution < -0.4 is 5.32 Å². The first kappa shape index (κ1) is 24.5. The number of carboxylic acid groups (broad SMARTS) is 1. The molecular weight excluding hydrogens is 454 g/mol. The third-order valence-corrected chi connectivity index (χ3v) is 5.95. The number of aromatic nitrogens is 1. The van der Waals surface area contributed by atoms with Crippen LogP contribution in [0.15, 0.2) is 115 Å². The Balaban J connectivity index is 1.73. The summed E-state index contributed by atoms with van der Waals surface area (Å²) in [6.07, 6.45) is 4.72. The Kier molecular flexibility index (Phi) is 7.63. The molecule has 0 saturated heterocycles. The number of hydrogen-bond donors (Lipinski definition) is 2. The SMILES string of the molecule is O=C(O)[C@H](CC=Cc1ccc([N+](=O)[O-])cn1)NC(c1ccccc1)(c1ccccc1)c1ccccc1. The topological polar surface area (TPSA) is 105 Å². The lowest BCUT2D eigenvalue weighted by Gasteiger charge is -2.39. The minimum Gasteiger partial charge on any atom is -0.480 e. The lowest BCUT2D eigenvalue weighted by Crippen LogP contribution is -2.52. The minimum atomic E-state index is -0.997. The summed E-state index contributed by atoms with van der Waals surface area (Å²) in [6.45, 7) is 0. The number of pyridine rings is 1. The second-order valence-electron chi connectivity index (χ2n) is 8.22. The van der Waals surface area contributed by atoms with Gasteiger partial charge in [0.2, 0.25) is 0 Å². The molecule has 1 atom stereocenters. The number of benzene rings is 3. The monoisotopic (exact) mass is 479 g/mol. The molecule has 0 aliphatic rings. The minimum absolute atomic E-state index is 0.101. The van der Waals surface area contributed by atoms with Crippen molar-refractivity contribution in [2.24, 2.45) is 0 Å². The van der Waals surface area contributed by atoms with Crippen LogP contribution in [0.3, 0.4) is 0 Å². The zero-order valence-electron chi connectivity index (χ0n) is 19.4. The fourth-order valence-electron chi connectivity index (χ4n) is 4.23. The van der Waals surface area contributed by atoms with Crippen LogP contribution in [0.5, 0.6) is 0 Å². The number of carbonyl (C=O) groups is 1. The summed E-state index contributed by atoms with van der Waals surface area (Å²) in [5.41, 5.74) is 2.21. The average Bonchev–Trinajstić information content (AvgIpc) is 2.92. The summed E-state index contributed by atoms with van der Waals surface area (Å²) in [5.74, 6) is -0.997. The van der Waals surface area contributed by atoms with Crippen molar-refractivity contribution in [1.82, 2.24) is 10.3 Å². The molecule has 4 rings (SSSR count). The van der Waals surface area contributed by atoms with E-state index in [1.807, 2.05) is 91.0 Å². The van der Waals surface area contributed by atoms with Gasteiger partial charge in [-0.2, -0.15) is 0 Å². The van der Waals surface area contributed by atoms with E-state index in [4.69, 9.17) is 0 Å². The molecule has 0 fully saturated rings. The number of aliphatic carboxylic acids is 1. The van der Waals surface area contributed by atoms with Crippen molar-refractivity contribution < 1.29 is 14.8 Å². The van der Waals surface area contributed by atoms with E-state index in [9.17, 15) is 20.0 Å². The number of nitrogens with one attached hydrogen (secondary N) is 1. The maximum atomic E-state index is 12.4. The lowest BCUT2D eigenvalue weighted by atomic mass is 9.76. The summed E-state index contributed by atoms with van der Waals surface area (Å²) < 4.78 is 0. The van der Waals surface area contributed by atoms with Crippen LogP contribution in [0.25, 0.3) is 6.08 Å². The van der Waals surface area contributed by atoms with E-state index in [1.165, 1.54) is 18.3 Å². The van der Waals surface area contributed by atoms with Crippen LogP contribution in [0.1, 0.15) is 28.8 Å². The first-order valence-electron chi connectivity index (χ1n) is 11.4. The van der Waals surface area contributed by atoms with Crippen LogP contribution >= 0.6 is 0 Å². The van der Waals surface area contributed by atoms with E-state index in [0.717, 1.165) is 16.7 Å². The molecule has 0 spiro atoms. The average molecular weight is 480 g/mol. The summed E-state index contributed by atoms with van der Waals surface area (Å²) in [5, 5.41) is 24.5. The Hall–Kier alpha value is -4.62. The highest BCUT2D eigenvalue weighted by Gasteiger charge is 2.39. The van der Waals surface area contributed by atoms with Gasteiger partial charge in [0.1, 0.15) is 12.2 Å². The molecule has 7 heteroatoms. The summed E-state index contributed by atoms with van der Waals surface area (Å²) in [4.78, 5) is 26.8. The van der Waals surface area contributed by atoms with Crippen molar-refractivity contribution >= 4 is 17.7 Å². The molecule has 0 aliphatic carbocycles. The fraction of sp³-hybridized carbons (Fsp3) is 0.103. The van der Waals surface area contributed by atoms with Crippen molar-refractivity contribution in [3.63, 3.8) is 0 Å². The van der Waals surface area contributed by atoms with Crippen molar-refractivity contribution in [1.29, 1.82) is 0 Å². The van der Waals surface area contributed by atoms with E-state index in [-0.39, 0.29) is 12.1 Å². The van der Waals surface area contributed by atoms with Gasteiger partial charge in [-0.05, 0) is 35.3 Å². The maximum Gasteiger partial charge on any atom is 0.321 e. The van der Waals surface area contributed by atoms with Gasteiger partial charge in [0, 0.05) is 6.07 Å². The van der Waals surface area contributed by atoms with E-state index in [2.05, 4.69) is 10.3 Å². The molecule has 1 heterocycles. The highest BCUT2D eigenvalue weighted by Crippen LogP contribution is 2.37. The standard InChI is InChI=1S/C29H25N3O4/c33-28(34)27(18-10-17-25-19-20-26(21-30-25)32(35)36)31-29(22-11-4-1-5-12-22,23-13-6-2-7-14-23)24-15-8-3-9-16-24/h1-17,19-21,27,31H,18H2,(H,33,34)/t27-/m0/s1. The van der Waals surface area contributed by atoms with Crippen molar-refractivity contribution in [2.45, 2.75) is 18.0 Å². The molecule has 2 N–H and O–H groups in total. The molecule has 0 bridgehead atoms. The number of nitrogens with zero attached hydrogens (tertiary/aromatic N) is 2. The first-order chi connectivity index (χ1) is 17.5. The molecule has 0 aliphatic heterocycles. The molecule has 0 unspecified atom stereocenters. The van der Waals surface area contributed by atoms with Gasteiger partial charge in [0.05, 0.1) is 16.2 Å². The smallest absolute Gasteiger partial charge is 0.321 e. The molecule has 0 amide bonds. The molecule has 4 aromatic rings. The molecule has 0 radical (unpaired) electrons. The predicted octanol–water partition coefficient (Wildman–Crippen LogP) is 5.43. The second-order valence-corrected chi connectivity index (χ2v) is 8.22. The van der Waals surface area contributed by atoms with Crippen LogP contribution in [-0.2, 0) is 10.3 Å². The predicted molar refractivity (Wildman–Crippen MR) is 138 cm³/mol. The van der Waals surface area contributed by atoms with Gasteiger partial charge in [-0.3, -0.25) is 20.2 Å². The first-order valence-corrected chi connectivity index (χ1v) is 11.4. The summed E-state index contributed by atoms with van der Waals surface area (Å²) >= 11 is 0. The Bertz CT molecular complexity index is 1230. The number of hydrogen-bond acceptors (Lipinski definition) is 5. The molecule has 180 valence electrons. The number of nitro groups is 1. The Morgan fingerprint density at radius 1 is 0.889 bits per heavy atom. The maximum absolute atomic E-state index is 12.4. The highest BCUT2D eigenvalue weighted by molar-refractivity contribution is 5.74. The second kappa shape index (κ2) is 11.2. The van der Waals surface area contributed by atoms with Gasteiger partial charge in [-0.25, -0.2) is 4.98 Å². The van der Waals surface area contributed by atoms with E-state index in [1.54, 1.807) is 12.2 Å². The van der Waals surface area contributed by atoms with Gasteiger partial charge in [0.15, 0.2) is 0 Å². The molecule has 3 aromatic carbocycles. The Morgan fingerprint density at radius 2 is 1.39 bits per heavy atom. The van der Waals surface area contributed by atoms with Crippen molar-refractivity contribution in [3.8, 4) is 0 Å². The number of carboxylic acids is 1. The van der Waals surface area contributed by atoms with Gasteiger partial charge >= 0.3 is 5.97 Å². The van der Waals surface area contributed by atoms with Crippen molar-refractivity contribution in [2.75, 3.05) is 0 Å². The Morgan fingerprint density at radius 3 is 1.78 bits per heavy atom. The van der Waals surface area contributed by atoms with Crippen LogP contribution in [0.2, 0.25) is 0 Å². The highest BCUT2D eigenvalue weighted by atomic mass is 16.6. The molecule has 0 saturated carbocycles. The normalized spacial score (nSPS) is 12.3. The Labute approximate surface area is 208 Å². The third-order valence-electron chi connectivity index (χ3n) is 5.95. The number of rotatable bonds is 10. The zero-order chi connectivity index (χ0) is 25.4. The van der Waals surface area contributed by atoms with Gasteiger partial charge in [0.25, 0.3) is 5.69 Å². The van der Waals surface area contributed by atoms with Gasteiger partial charge in [-0.15, -0.1) is 0 Å².